The van der Waals surface area contributed by atoms with Gasteiger partial charge < -0.3 is 4.74 Å². The zero-order chi connectivity index (χ0) is 13.8. The molecule has 0 spiro atoms. The van der Waals surface area contributed by atoms with E-state index in [1.165, 1.54) is 12.1 Å². The molecular formula is C14H12ClNO3. The van der Waals surface area contributed by atoms with Gasteiger partial charge in [0, 0.05) is 0 Å². The number of nitro groups is 1. The fourth-order valence-electron chi connectivity index (χ4n) is 1.70. The molecule has 0 aromatic heterocycles. The molecule has 0 fully saturated rings. The number of ether oxygens (including phenoxy) is 1. The van der Waals surface area contributed by atoms with Crippen LogP contribution in [0.1, 0.15) is 18.6 Å². The van der Waals surface area contributed by atoms with Gasteiger partial charge in [-0.1, -0.05) is 41.9 Å². The molecule has 0 bridgehead atoms. The first-order chi connectivity index (χ1) is 9.08. The van der Waals surface area contributed by atoms with Crippen molar-refractivity contribution in [2.45, 2.75) is 13.0 Å². The number of nitrogens with zero attached hydrogens (tertiary/aromatic N) is 1. The summed E-state index contributed by atoms with van der Waals surface area (Å²) < 4.78 is 5.68. The minimum Gasteiger partial charge on any atom is -0.486 e. The van der Waals surface area contributed by atoms with Gasteiger partial charge in [0.1, 0.15) is 16.9 Å². The van der Waals surface area contributed by atoms with Gasteiger partial charge in [-0.25, -0.2) is 0 Å². The Balaban J connectivity index is 2.20. The quantitative estimate of drug-likeness (QED) is 0.615. The Hall–Kier alpha value is -2.07. The second-order valence-electron chi connectivity index (χ2n) is 4.04. The van der Waals surface area contributed by atoms with Gasteiger partial charge in [-0.05, 0) is 24.6 Å². The number of nitro benzene ring substituents is 1. The molecular weight excluding hydrogens is 266 g/mol. The summed E-state index contributed by atoms with van der Waals surface area (Å²) in [6, 6.07) is 14.1. The summed E-state index contributed by atoms with van der Waals surface area (Å²) in [5.41, 5.74) is 0.847. The van der Waals surface area contributed by atoms with Crippen LogP contribution in [0.5, 0.6) is 5.75 Å². The van der Waals surface area contributed by atoms with Crippen LogP contribution in [0.15, 0.2) is 48.5 Å². The van der Waals surface area contributed by atoms with E-state index in [1.807, 2.05) is 37.3 Å². The second-order valence-corrected chi connectivity index (χ2v) is 4.45. The zero-order valence-electron chi connectivity index (χ0n) is 10.2. The normalized spacial score (nSPS) is 11.9. The van der Waals surface area contributed by atoms with E-state index in [1.54, 1.807) is 6.07 Å². The summed E-state index contributed by atoms with van der Waals surface area (Å²) in [6.45, 7) is 1.88. The number of hydrogen-bond donors (Lipinski definition) is 0. The van der Waals surface area contributed by atoms with Gasteiger partial charge >= 0.3 is 0 Å². The maximum absolute atomic E-state index is 10.8. The highest BCUT2D eigenvalue weighted by atomic mass is 35.5. The van der Waals surface area contributed by atoms with Crippen molar-refractivity contribution in [1.82, 2.24) is 0 Å². The van der Waals surface area contributed by atoms with Crippen molar-refractivity contribution < 1.29 is 9.66 Å². The van der Waals surface area contributed by atoms with Gasteiger partial charge in [-0.3, -0.25) is 10.1 Å². The molecule has 0 saturated carbocycles. The Morgan fingerprint density at radius 1 is 1.21 bits per heavy atom. The third kappa shape index (κ3) is 3.23. The SMILES string of the molecule is C[C@H](Oc1ccc(Cl)c([N+](=O)[O-])c1)c1ccccc1. The maximum atomic E-state index is 10.8. The van der Waals surface area contributed by atoms with Crippen LogP contribution in [0.2, 0.25) is 5.02 Å². The van der Waals surface area contributed by atoms with E-state index in [2.05, 4.69) is 0 Å². The average molecular weight is 278 g/mol. The van der Waals surface area contributed by atoms with Gasteiger partial charge in [0.2, 0.25) is 0 Å². The molecule has 0 aliphatic carbocycles. The summed E-state index contributed by atoms with van der Waals surface area (Å²) in [7, 11) is 0. The number of hydrogen-bond acceptors (Lipinski definition) is 3. The predicted octanol–water partition coefficient (Wildman–Crippen LogP) is 4.39. The van der Waals surface area contributed by atoms with E-state index in [4.69, 9.17) is 16.3 Å². The number of rotatable bonds is 4. The summed E-state index contributed by atoms with van der Waals surface area (Å²) >= 11 is 5.75. The van der Waals surface area contributed by atoms with Gasteiger partial charge in [-0.2, -0.15) is 0 Å². The lowest BCUT2D eigenvalue weighted by atomic mass is 10.1. The topological polar surface area (TPSA) is 52.4 Å². The number of benzene rings is 2. The van der Waals surface area contributed by atoms with Gasteiger partial charge in [0.15, 0.2) is 0 Å². The monoisotopic (exact) mass is 277 g/mol. The lowest BCUT2D eigenvalue weighted by Crippen LogP contribution is -2.03. The molecule has 0 aliphatic heterocycles. The molecule has 0 unspecified atom stereocenters. The van der Waals surface area contributed by atoms with Crippen LogP contribution < -0.4 is 4.74 Å². The summed E-state index contributed by atoms with van der Waals surface area (Å²) in [5, 5.41) is 10.9. The van der Waals surface area contributed by atoms with Crippen molar-refractivity contribution in [3.8, 4) is 5.75 Å². The molecule has 0 heterocycles. The van der Waals surface area contributed by atoms with Crippen LogP contribution in [-0.4, -0.2) is 4.92 Å². The highest BCUT2D eigenvalue weighted by molar-refractivity contribution is 6.32. The van der Waals surface area contributed by atoms with Crippen LogP contribution >= 0.6 is 11.6 Å². The summed E-state index contributed by atoms with van der Waals surface area (Å²) in [5.74, 6) is 0.424. The molecule has 2 rings (SSSR count). The van der Waals surface area contributed by atoms with Crippen LogP contribution in [0.3, 0.4) is 0 Å². The first-order valence-corrected chi connectivity index (χ1v) is 6.11. The molecule has 98 valence electrons. The maximum Gasteiger partial charge on any atom is 0.291 e. The fourth-order valence-corrected chi connectivity index (χ4v) is 1.89. The molecule has 0 aliphatic rings. The molecule has 0 N–H and O–H groups in total. The summed E-state index contributed by atoms with van der Waals surface area (Å²) in [4.78, 5) is 10.3. The fraction of sp³-hybridized carbons (Fsp3) is 0.143. The van der Waals surface area contributed by atoms with Crippen molar-refractivity contribution in [3.63, 3.8) is 0 Å². The molecule has 0 saturated heterocycles. The molecule has 1 atom stereocenters. The van der Waals surface area contributed by atoms with Gasteiger partial charge in [-0.15, -0.1) is 0 Å². The molecule has 5 heteroatoms. The molecule has 2 aromatic rings. The highest BCUT2D eigenvalue weighted by Gasteiger charge is 2.15. The lowest BCUT2D eigenvalue weighted by Gasteiger charge is -2.14. The first-order valence-electron chi connectivity index (χ1n) is 5.73. The molecule has 4 nitrogen and oxygen atoms in total. The largest absolute Gasteiger partial charge is 0.486 e. The third-order valence-electron chi connectivity index (χ3n) is 2.70. The van der Waals surface area contributed by atoms with E-state index < -0.39 is 4.92 Å². The minimum absolute atomic E-state index is 0.102. The van der Waals surface area contributed by atoms with Crippen LogP contribution in [0.4, 0.5) is 5.69 Å². The van der Waals surface area contributed by atoms with Crippen molar-refractivity contribution >= 4 is 17.3 Å². The molecule has 0 radical (unpaired) electrons. The van der Waals surface area contributed by atoms with Crippen LogP contribution in [0.25, 0.3) is 0 Å². The standard InChI is InChI=1S/C14H12ClNO3/c1-10(11-5-3-2-4-6-11)19-12-7-8-13(15)14(9-12)16(17)18/h2-10H,1H3/t10-/m0/s1. The van der Waals surface area contributed by atoms with E-state index in [0.717, 1.165) is 5.56 Å². The average Bonchev–Trinajstić information content (AvgIpc) is 2.41. The van der Waals surface area contributed by atoms with E-state index >= 15 is 0 Å². The summed E-state index contributed by atoms with van der Waals surface area (Å²) in [6.07, 6.45) is -0.193. The molecule has 19 heavy (non-hydrogen) atoms. The third-order valence-corrected chi connectivity index (χ3v) is 3.02. The highest BCUT2D eigenvalue weighted by Crippen LogP contribution is 2.30. The minimum atomic E-state index is -0.525. The van der Waals surface area contributed by atoms with Crippen molar-refractivity contribution in [2.75, 3.05) is 0 Å². The van der Waals surface area contributed by atoms with E-state index in [9.17, 15) is 10.1 Å². The first kappa shape index (κ1) is 13.4. The predicted molar refractivity (Wildman–Crippen MR) is 73.6 cm³/mol. The zero-order valence-corrected chi connectivity index (χ0v) is 11.0. The Labute approximate surface area is 115 Å². The lowest BCUT2D eigenvalue weighted by molar-refractivity contribution is -0.384. The van der Waals surface area contributed by atoms with E-state index in [-0.39, 0.29) is 16.8 Å². The Kier molecular flexibility index (Phi) is 4.02. The number of halogens is 1. The smallest absolute Gasteiger partial charge is 0.291 e. The second kappa shape index (κ2) is 5.71. The Morgan fingerprint density at radius 2 is 1.89 bits per heavy atom. The van der Waals surface area contributed by atoms with Crippen molar-refractivity contribution in [1.29, 1.82) is 0 Å². The van der Waals surface area contributed by atoms with Crippen LogP contribution in [0, 0.1) is 10.1 Å². The Bertz CT molecular complexity index is 586. The van der Waals surface area contributed by atoms with Crippen LogP contribution in [-0.2, 0) is 0 Å². The molecule has 2 aromatic carbocycles. The molecule has 0 amide bonds. The van der Waals surface area contributed by atoms with E-state index in [0.29, 0.717) is 5.75 Å². The van der Waals surface area contributed by atoms with Crippen molar-refractivity contribution in [2.24, 2.45) is 0 Å². The Morgan fingerprint density at radius 3 is 2.53 bits per heavy atom. The van der Waals surface area contributed by atoms with Gasteiger partial charge in [0.05, 0.1) is 11.0 Å². The van der Waals surface area contributed by atoms with Crippen molar-refractivity contribution in [3.05, 3.63) is 69.2 Å². The van der Waals surface area contributed by atoms with Gasteiger partial charge in [0.25, 0.3) is 5.69 Å².